The third-order valence-corrected chi connectivity index (χ3v) is 5.06. The van der Waals surface area contributed by atoms with Crippen molar-refractivity contribution < 1.29 is 23.4 Å². The van der Waals surface area contributed by atoms with Crippen molar-refractivity contribution in [2.45, 2.75) is 26.7 Å². The third kappa shape index (κ3) is 6.18. The summed E-state index contributed by atoms with van der Waals surface area (Å²) in [5.41, 5.74) is 1.54. The van der Waals surface area contributed by atoms with Gasteiger partial charge in [-0.1, -0.05) is 24.3 Å². The number of anilines is 2. The average Bonchev–Trinajstić information content (AvgIpc) is 3.13. The summed E-state index contributed by atoms with van der Waals surface area (Å²) in [7, 11) is 0. The fourth-order valence-electron chi connectivity index (χ4n) is 2.59. The standard InChI is InChI=1S/C19H23F2N5O3S/c1-3-28-16(27)12-4-5-14-15(6-12)30-19(26-14)25-8-11(2)7-22-18-23-9-13(10-24-18)29-17(20)21/h4-6,9-11,16-17,27H,3,7-8H2,1-2H3,(H,25,26)(H,22,23,24). The van der Waals surface area contributed by atoms with E-state index in [9.17, 15) is 13.9 Å². The molecule has 0 aliphatic rings. The van der Waals surface area contributed by atoms with E-state index in [2.05, 4.69) is 30.3 Å². The number of aliphatic hydroxyl groups excluding tert-OH is 1. The summed E-state index contributed by atoms with van der Waals surface area (Å²) in [6.45, 7) is 2.64. The van der Waals surface area contributed by atoms with Crippen LogP contribution in [0.1, 0.15) is 25.7 Å². The Kier molecular flexibility index (Phi) is 7.66. The lowest BCUT2D eigenvalue weighted by atomic mass is 10.2. The zero-order valence-electron chi connectivity index (χ0n) is 16.5. The first-order chi connectivity index (χ1) is 14.4. The summed E-state index contributed by atoms with van der Waals surface area (Å²) >= 11 is 1.50. The fraction of sp³-hybridized carbons (Fsp3) is 0.421. The molecule has 3 aromatic rings. The minimum Gasteiger partial charge on any atom is -0.432 e. The number of ether oxygens (including phenoxy) is 2. The van der Waals surface area contributed by atoms with Gasteiger partial charge >= 0.3 is 6.61 Å². The van der Waals surface area contributed by atoms with Crippen LogP contribution in [0.5, 0.6) is 5.75 Å². The van der Waals surface area contributed by atoms with E-state index in [1.165, 1.54) is 23.7 Å². The van der Waals surface area contributed by atoms with Crippen LogP contribution in [0.3, 0.4) is 0 Å². The summed E-state index contributed by atoms with van der Waals surface area (Å²) in [6.07, 6.45) is 1.45. The molecule has 2 atom stereocenters. The number of halogens is 2. The van der Waals surface area contributed by atoms with Crippen molar-refractivity contribution in [3.63, 3.8) is 0 Å². The molecule has 8 nitrogen and oxygen atoms in total. The molecule has 0 amide bonds. The van der Waals surface area contributed by atoms with Crippen molar-refractivity contribution in [3.05, 3.63) is 36.2 Å². The number of aromatic nitrogens is 3. The van der Waals surface area contributed by atoms with E-state index >= 15 is 0 Å². The van der Waals surface area contributed by atoms with E-state index < -0.39 is 12.9 Å². The summed E-state index contributed by atoms with van der Waals surface area (Å²) < 4.78 is 34.7. The van der Waals surface area contributed by atoms with Crippen LogP contribution in [0, 0.1) is 5.92 Å². The maximum absolute atomic E-state index is 12.1. The molecule has 2 heterocycles. The Morgan fingerprint density at radius 3 is 2.60 bits per heavy atom. The molecule has 0 aliphatic heterocycles. The maximum atomic E-state index is 12.1. The highest BCUT2D eigenvalue weighted by Gasteiger charge is 2.11. The van der Waals surface area contributed by atoms with Crippen LogP contribution in [0.4, 0.5) is 19.9 Å². The SMILES string of the molecule is CCOC(O)c1ccc2nc(NCC(C)CNc3ncc(OC(F)F)cn3)sc2c1. The minimum atomic E-state index is -2.90. The second-order valence-corrected chi connectivity index (χ2v) is 7.57. The molecule has 3 rings (SSSR count). The van der Waals surface area contributed by atoms with E-state index in [0.717, 1.165) is 15.3 Å². The number of hydrogen-bond donors (Lipinski definition) is 3. The molecule has 0 bridgehead atoms. The molecule has 0 fully saturated rings. The molecule has 0 spiro atoms. The first kappa shape index (κ1) is 22.1. The predicted molar refractivity (Wildman–Crippen MR) is 111 cm³/mol. The number of hydrogen-bond acceptors (Lipinski definition) is 9. The molecule has 2 unspecified atom stereocenters. The normalized spacial score (nSPS) is 13.4. The van der Waals surface area contributed by atoms with Crippen LogP contribution in [0.2, 0.25) is 0 Å². The summed E-state index contributed by atoms with van der Waals surface area (Å²) in [5.74, 6) is 0.467. The Morgan fingerprint density at radius 1 is 1.17 bits per heavy atom. The van der Waals surface area contributed by atoms with Gasteiger partial charge in [-0.25, -0.2) is 15.0 Å². The predicted octanol–water partition coefficient (Wildman–Crippen LogP) is 3.88. The lowest BCUT2D eigenvalue weighted by Crippen LogP contribution is -2.20. The highest BCUT2D eigenvalue weighted by molar-refractivity contribution is 7.22. The van der Waals surface area contributed by atoms with Gasteiger partial charge in [0.15, 0.2) is 17.2 Å². The highest BCUT2D eigenvalue weighted by atomic mass is 32.1. The number of nitrogens with one attached hydrogen (secondary N) is 2. The lowest BCUT2D eigenvalue weighted by Gasteiger charge is -2.13. The number of rotatable bonds is 11. The number of aliphatic hydroxyl groups is 1. The Balaban J connectivity index is 1.49. The Bertz CT molecular complexity index is 942. The number of nitrogens with zero attached hydrogens (tertiary/aromatic N) is 3. The average molecular weight is 439 g/mol. The second-order valence-electron chi connectivity index (χ2n) is 6.54. The van der Waals surface area contributed by atoms with Crippen molar-refractivity contribution >= 4 is 32.6 Å². The maximum Gasteiger partial charge on any atom is 0.387 e. The van der Waals surface area contributed by atoms with Crippen molar-refractivity contribution in [2.24, 2.45) is 5.92 Å². The minimum absolute atomic E-state index is 0.0852. The largest absolute Gasteiger partial charge is 0.432 e. The summed E-state index contributed by atoms with van der Waals surface area (Å²) in [5, 5.41) is 17.1. The molecular formula is C19H23F2N5O3S. The van der Waals surface area contributed by atoms with Crippen molar-refractivity contribution in [1.29, 1.82) is 0 Å². The number of thiazole rings is 1. The number of fused-ring (bicyclic) bond motifs is 1. The Hall–Kier alpha value is -2.63. The summed E-state index contributed by atoms with van der Waals surface area (Å²) in [4.78, 5) is 12.4. The van der Waals surface area contributed by atoms with Crippen LogP contribution < -0.4 is 15.4 Å². The van der Waals surface area contributed by atoms with Crippen molar-refractivity contribution in [3.8, 4) is 5.75 Å². The quantitative estimate of drug-likeness (QED) is 0.387. The molecule has 3 N–H and O–H groups in total. The monoisotopic (exact) mass is 439 g/mol. The van der Waals surface area contributed by atoms with E-state index in [1.54, 1.807) is 6.07 Å². The van der Waals surface area contributed by atoms with Gasteiger partial charge in [0.2, 0.25) is 5.95 Å². The van der Waals surface area contributed by atoms with Crippen LogP contribution in [0.25, 0.3) is 10.2 Å². The van der Waals surface area contributed by atoms with E-state index in [0.29, 0.717) is 31.2 Å². The molecular weight excluding hydrogens is 416 g/mol. The molecule has 0 aliphatic carbocycles. The van der Waals surface area contributed by atoms with Crippen LogP contribution in [0.15, 0.2) is 30.6 Å². The zero-order chi connectivity index (χ0) is 21.5. The van der Waals surface area contributed by atoms with Gasteiger partial charge in [0.05, 0.1) is 22.6 Å². The lowest BCUT2D eigenvalue weighted by molar-refractivity contribution is -0.0978. The van der Waals surface area contributed by atoms with Gasteiger partial charge in [0.25, 0.3) is 0 Å². The van der Waals surface area contributed by atoms with Gasteiger partial charge in [-0.05, 0) is 25.0 Å². The van der Waals surface area contributed by atoms with Gasteiger partial charge in [0, 0.05) is 25.3 Å². The first-order valence-corrected chi connectivity index (χ1v) is 10.2. The molecule has 11 heteroatoms. The molecule has 2 aromatic heterocycles. The molecule has 0 saturated heterocycles. The molecule has 0 saturated carbocycles. The topological polar surface area (TPSA) is 101 Å². The van der Waals surface area contributed by atoms with E-state index in [4.69, 9.17) is 4.74 Å². The van der Waals surface area contributed by atoms with Gasteiger partial charge < -0.3 is 25.2 Å². The van der Waals surface area contributed by atoms with Gasteiger partial charge in [-0.3, -0.25) is 0 Å². The van der Waals surface area contributed by atoms with Gasteiger partial charge in [-0.15, -0.1) is 0 Å². The van der Waals surface area contributed by atoms with Gasteiger partial charge in [-0.2, -0.15) is 8.78 Å². The third-order valence-electron chi connectivity index (χ3n) is 4.09. The molecule has 162 valence electrons. The molecule has 1 aromatic carbocycles. The Morgan fingerprint density at radius 2 is 1.90 bits per heavy atom. The van der Waals surface area contributed by atoms with E-state index in [-0.39, 0.29) is 11.7 Å². The molecule has 0 radical (unpaired) electrons. The Labute approximate surface area is 176 Å². The van der Waals surface area contributed by atoms with E-state index in [1.807, 2.05) is 26.0 Å². The van der Waals surface area contributed by atoms with Crippen molar-refractivity contribution in [2.75, 3.05) is 30.3 Å². The summed E-state index contributed by atoms with van der Waals surface area (Å²) in [6, 6.07) is 5.54. The van der Waals surface area contributed by atoms with Crippen LogP contribution in [-0.2, 0) is 4.74 Å². The molecule has 30 heavy (non-hydrogen) atoms. The first-order valence-electron chi connectivity index (χ1n) is 9.39. The van der Waals surface area contributed by atoms with Crippen molar-refractivity contribution in [1.82, 2.24) is 15.0 Å². The van der Waals surface area contributed by atoms with Crippen LogP contribution >= 0.6 is 11.3 Å². The number of benzene rings is 1. The zero-order valence-corrected chi connectivity index (χ0v) is 17.3. The van der Waals surface area contributed by atoms with Crippen LogP contribution in [-0.4, -0.2) is 46.4 Å². The number of alkyl halides is 2. The fourth-order valence-corrected chi connectivity index (χ4v) is 3.52. The smallest absolute Gasteiger partial charge is 0.387 e. The second kappa shape index (κ2) is 10.4. The highest BCUT2D eigenvalue weighted by Crippen LogP contribution is 2.29. The van der Waals surface area contributed by atoms with Gasteiger partial charge in [0.1, 0.15) is 0 Å².